The molecule has 32 heavy (non-hydrogen) atoms. The zero-order valence-electron chi connectivity index (χ0n) is 19.6. The molecule has 0 bridgehead atoms. The smallest absolute Gasteiger partial charge is 0.255 e. The summed E-state index contributed by atoms with van der Waals surface area (Å²) >= 11 is 0. The number of carbonyl (C=O) groups is 2. The van der Waals surface area contributed by atoms with E-state index in [2.05, 4.69) is 34.8 Å². The van der Waals surface area contributed by atoms with Gasteiger partial charge in [0.05, 0.1) is 23.4 Å². The van der Waals surface area contributed by atoms with Crippen molar-refractivity contribution in [1.29, 1.82) is 0 Å². The molecule has 1 aromatic carbocycles. The van der Waals surface area contributed by atoms with E-state index in [9.17, 15) is 14.7 Å². The molecular weight excluding hydrogens is 404 g/mol. The number of amides is 2. The lowest BCUT2D eigenvalue weighted by molar-refractivity contribution is -0.120. The van der Waals surface area contributed by atoms with Gasteiger partial charge in [0.1, 0.15) is 0 Å². The molecule has 3 N–H and O–H groups in total. The van der Waals surface area contributed by atoms with E-state index in [-0.39, 0.29) is 23.3 Å². The van der Waals surface area contributed by atoms with Gasteiger partial charge in [0.25, 0.3) is 5.91 Å². The molecule has 7 nitrogen and oxygen atoms in total. The van der Waals surface area contributed by atoms with Crippen LogP contribution in [0.3, 0.4) is 0 Å². The number of aromatic nitrogens is 2. The van der Waals surface area contributed by atoms with Crippen LogP contribution in [0, 0.1) is 13.8 Å². The van der Waals surface area contributed by atoms with Crippen LogP contribution in [0.25, 0.3) is 0 Å². The van der Waals surface area contributed by atoms with E-state index in [4.69, 9.17) is 0 Å². The number of carbonyl (C=O) groups excluding carboxylic acids is 2. The Kier molecular flexibility index (Phi) is 7.72. The topological polar surface area (TPSA) is 96.3 Å². The van der Waals surface area contributed by atoms with Crippen molar-refractivity contribution in [2.24, 2.45) is 0 Å². The standard InChI is InChI=1S/C25H36N4O3/c1-5-15-29-18(3)23(17(2)28-29)24(32)26-16-25(20-9-7-6-8-10-20)13-11-21(27-19(4)30)22(31)12-14-25/h6-10,21-22,31H,5,11-16H2,1-4H3,(H,26,32)(H,27,30)/t21-,22-,25-/m0/s1. The fourth-order valence-corrected chi connectivity index (χ4v) is 4.96. The second-order valence-corrected chi connectivity index (χ2v) is 9.05. The summed E-state index contributed by atoms with van der Waals surface area (Å²) in [6.45, 7) is 8.64. The quantitative estimate of drug-likeness (QED) is 0.577. The molecule has 3 rings (SSSR count). The first-order valence-electron chi connectivity index (χ1n) is 11.6. The van der Waals surface area contributed by atoms with E-state index in [0.29, 0.717) is 24.9 Å². The van der Waals surface area contributed by atoms with Crippen LogP contribution in [0.15, 0.2) is 30.3 Å². The number of hydrogen-bond donors (Lipinski definition) is 3. The van der Waals surface area contributed by atoms with E-state index in [1.807, 2.05) is 36.7 Å². The molecule has 7 heteroatoms. The van der Waals surface area contributed by atoms with Crippen LogP contribution in [0.5, 0.6) is 0 Å². The van der Waals surface area contributed by atoms with Crippen LogP contribution in [0.4, 0.5) is 0 Å². The van der Waals surface area contributed by atoms with Crippen molar-refractivity contribution in [2.45, 2.75) is 83.9 Å². The summed E-state index contributed by atoms with van der Waals surface area (Å²) in [5, 5.41) is 21.3. The molecule has 1 aromatic heterocycles. The molecule has 2 aromatic rings. The molecule has 0 spiro atoms. The highest BCUT2D eigenvalue weighted by Crippen LogP contribution is 2.38. The summed E-state index contributed by atoms with van der Waals surface area (Å²) in [6.07, 6.45) is 3.04. The van der Waals surface area contributed by atoms with Crippen LogP contribution in [-0.2, 0) is 16.8 Å². The van der Waals surface area contributed by atoms with E-state index < -0.39 is 6.10 Å². The van der Waals surface area contributed by atoms with Gasteiger partial charge in [0.2, 0.25) is 5.91 Å². The normalized spacial score (nSPS) is 23.4. The Morgan fingerprint density at radius 3 is 2.53 bits per heavy atom. The minimum absolute atomic E-state index is 0.110. The third-order valence-corrected chi connectivity index (χ3v) is 6.72. The van der Waals surface area contributed by atoms with Crippen LogP contribution >= 0.6 is 0 Å². The van der Waals surface area contributed by atoms with Crippen LogP contribution in [-0.4, -0.2) is 45.4 Å². The number of nitrogens with zero attached hydrogens (tertiary/aromatic N) is 2. The van der Waals surface area contributed by atoms with Crippen LogP contribution in [0.2, 0.25) is 0 Å². The highest BCUT2D eigenvalue weighted by atomic mass is 16.3. The lowest BCUT2D eigenvalue weighted by Gasteiger charge is -2.34. The fraction of sp³-hybridized carbons (Fsp3) is 0.560. The van der Waals surface area contributed by atoms with Crippen molar-refractivity contribution in [1.82, 2.24) is 20.4 Å². The summed E-state index contributed by atoms with van der Waals surface area (Å²) < 4.78 is 1.90. The van der Waals surface area contributed by atoms with Gasteiger partial charge >= 0.3 is 0 Å². The first kappa shape index (κ1) is 24.0. The Balaban J connectivity index is 1.84. The van der Waals surface area contributed by atoms with Gasteiger partial charge in [0.15, 0.2) is 0 Å². The average Bonchev–Trinajstić information content (AvgIpc) is 2.95. The fourth-order valence-electron chi connectivity index (χ4n) is 4.96. The van der Waals surface area contributed by atoms with E-state index >= 15 is 0 Å². The van der Waals surface area contributed by atoms with Gasteiger partial charge in [-0.2, -0.15) is 5.10 Å². The zero-order chi connectivity index (χ0) is 23.3. The lowest BCUT2D eigenvalue weighted by atomic mass is 9.74. The molecule has 0 aliphatic heterocycles. The molecule has 0 radical (unpaired) electrons. The summed E-state index contributed by atoms with van der Waals surface area (Å²) in [6, 6.07) is 9.91. The minimum Gasteiger partial charge on any atom is -0.391 e. The first-order chi connectivity index (χ1) is 15.3. The SMILES string of the molecule is CCCn1nc(C)c(C(=O)NC[C@]2(c3ccccc3)CC[C@H](NC(C)=O)[C@@H](O)CC2)c1C. The van der Waals surface area contributed by atoms with Gasteiger partial charge in [-0.15, -0.1) is 0 Å². The Morgan fingerprint density at radius 1 is 1.19 bits per heavy atom. The van der Waals surface area contributed by atoms with Crippen molar-refractivity contribution in [3.8, 4) is 0 Å². The summed E-state index contributed by atoms with van der Waals surface area (Å²) in [5.74, 6) is -0.245. The highest BCUT2D eigenvalue weighted by molar-refractivity contribution is 5.96. The highest BCUT2D eigenvalue weighted by Gasteiger charge is 2.38. The second kappa shape index (κ2) is 10.3. The Morgan fingerprint density at radius 2 is 1.88 bits per heavy atom. The number of aryl methyl sites for hydroxylation is 2. The molecule has 3 atom stereocenters. The van der Waals surface area contributed by atoms with Crippen molar-refractivity contribution >= 4 is 11.8 Å². The molecule has 2 amide bonds. The van der Waals surface area contributed by atoms with Crippen molar-refractivity contribution < 1.29 is 14.7 Å². The molecule has 0 unspecified atom stereocenters. The molecule has 1 saturated carbocycles. The van der Waals surface area contributed by atoms with Crippen molar-refractivity contribution in [2.75, 3.05) is 6.54 Å². The number of rotatable bonds is 7. The van der Waals surface area contributed by atoms with E-state index in [1.54, 1.807) is 0 Å². The predicted octanol–water partition coefficient (Wildman–Crippen LogP) is 3.02. The Hall–Kier alpha value is -2.67. The number of aliphatic hydroxyl groups excluding tert-OH is 1. The van der Waals surface area contributed by atoms with Crippen molar-refractivity contribution in [3.63, 3.8) is 0 Å². The average molecular weight is 441 g/mol. The Labute approximate surface area is 190 Å². The largest absolute Gasteiger partial charge is 0.391 e. The van der Waals surface area contributed by atoms with Crippen molar-refractivity contribution in [3.05, 3.63) is 52.8 Å². The van der Waals surface area contributed by atoms with Gasteiger partial charge in [-0.1, -0.05) is 37.3 Å². The third-order valence-electron chi connectivity index (χ3n) is 6.72. The predicted molar refractivity (Wildman–Crippen MR) is 125 cm³/mol. The second-order valence-electron chi connectivity index (χ2n) is 9.05. The summed E-state index contributed by atoms with van der Waals surface area (Å²) in [4.78, 5) is 24.8. The first-order valence-corrected chi connectivity index (χ1v) is 11.6. The van der Waals surface area contributed by atoms with Gasteiger partial charge in [-0.05, 0) is 51.5 Å². The number of benzene rings is 1. The summed E-state index contributed by atoms with van der Waals surface area (Å²) in [7, 11) is 0. The van der Waals surface area contributed by atoms with Gasteiger partial charge in [0, 0.05) is 31.1 Å². The number of aliphatic hydroxyl groups is 1. The molecule has 174 valence electrons. The Bertz CT molecular complexity index is 940. The van der Waals surface area contributed by atoms with Gasteiger partial charge < -0.3 is 15.7 Å². The van der Waals surface area contributed by atoms with Crippen LogP contribution in [0.1, 0.15) is 73.3 Å². The van der Waals surface area contributed by atoms with Gasteiger partial charge in [-0.25, -0.2) is 0 Å². The lowest BCUT2D eigenvalue weighted by Crippen LogP contribution is -2.42. The maximum Gasteiger partial charge on any atom is 0.255 e. The monoisotopic (exact) mass is 440 g/mol. The maximum atomic E-state index is 13.2. The molecule has 1 aliphatic rings. The summed E-state index contributed by atoms with van der Waals surface area (Å²) in [5.41, 5.74) is 3.10. The maximum absolute atomic E-state index is 13.2. The van der Waals surface area contributed by atoms with E-state index in [0.717, 1.165) is 42.8 Å². The minimum atomic E-state index is -0.600. The third kappa shape index (κ3) is 5.21. The number of hydrogen-bond acceptors (Lipinski definition) is 4. The molecule has 1 heterocycles. The van der Waals surface area contributed by atoms with E-state index in [1.165, 1.54) is 6.92 Å². The molecule has 0 saturated heterocycles. The van der Waals surface area contributed by atoms with Crippen LogP contribution < -0.4 is 10.6 Å². The number of nitrogens with one attached hydrogen (secondary N) is 2. The molecule has 1 aliphatic carbocycles. The molecule has 1 fully saturated rings. The zero-order valence-corrected chi connectivity index (χ0v) is 19.6. The van der Waals surface area contributed by atoms with Gasteiger partial charge in [-0.3, -0.25) is 14.3 Å². The molecular formula is C25H36N4O3.